The highest BCUT2D eigenvalue weighted by atomic mass is 35.5. The number of halogens is 1. The SMILES string of the molecule is NCc1ccc(-c2nc3cc(Cl)c(N)cn3n2)cc1. The lowest BCUT2D eigenvalue weighted by Gasteiger charge is -1.97. The van der Waals surface area contributed by atoms with Crippen LogP contribution < -0.4 is 11.5 Å². The second kappa shape index (κ2) is 4.53. The lowest BCUT2D eigenvalue weighted by Crippen LogP contribution is -1.95. The molecule has 0 aliphatic rings. The summed E-state index contributed by atoms with van der Waals surface area (Å²) in [5.74, 6) is 0.630. The second-order valence-corrected chi connectivity index (χ2v) is 4.62. The molecule has 0 amide bonds. The average Bonchev–Trinajstić information content (AvgIpc) is 2.82. The quantitative estimate of drug-likeness (QED) is 0.749. The number of aromatic nitrogens is 3. The van der Waals surface area contributed by atoms with Gasteiger partial charge >= 0.3 is 0 Å². The maximum absolute atomic E-state index is 5.96. The summed E-state index contributed by atoms with van der Waals surface area (Å²) in [5.41, 5.74) is 14.4. The standard InChI is InChI=1S/C13H12ClN5/c14-10-5-12-17-13(18-19(12)7-11(10)16)9-3-1-8(6-15)2-4-9/h1-5,7H,6,15-16H2. The van der Waals surface area contributed by atoms with Crippen LogP contribution in [-0.2, 0) is 6.54 Å². The van der Waals surface area contributed by atoms with Gasteiger partial charge in [0.15, 0.2) is 11.5 Å². The molecule has 2 heterocycles. The molecular weight excluding hydrogens is 262 g/mol. The number of nitrogen functional groups attached to an aromatic ring is 1. The van der Waals surface area contributed by atoms with Gasteiger partial charge < -0.3 is 11.5 Å². The number of fused-ring (bicyclic) bond motifs is 1. The van der Waals surface area contributed by atoms with Gasteiger partial charge in [-0.05, 0) is 5.56 Å². The van der Waals surface area contributed by atoms with Crippen molar-refractivity contribution in [2.24, 2.45) is 5.73 Å². The third kappa shape index (κ3) is 2.14. The molecule has 3 rings (SSSR count). The molecule has 0 unspecified atom stereocenters. The van der Waals surface area contributed by atoms with E-state index in [4.69, 9.17) is 23.1 Å². The zero-order chi connectivity index (χ0) is 13.4. The highest BCUT2D eigenvalue weighted by Crippen LogP contribution is 2.22. The molecule has 0 bridgehead atoms. The predicted octanol–water partition coefficient (Wildman–Crippen LogP) is 2.09. The van der Waals surface area contributed by atoms with E-state index in [1.807, 2.05) is 24.3 Å². The topological polar surface area (TPSA) is 82.2 Å². The van der Waals surface area contributed by atoms with Crippen LogP contribution in [0.3, 0.4) is 0 Å². The van der Waals surface area contributed by atoms with E-state index in [1.54, 1.807) is 16.8 Å². The minimum Gasteiger partial charge on any atom is -0.396 e. The van der Waals surface area contributed by atoms with E-state index >= 15 is 0 Å². The summed E-state index contributed by atoms with van der Waals surface area (Å²) in [6.45, 7) is 0.519. The van der Waals surface area contributed by atoms with Crippen molar-refractivity contribution in [1.29, 1.82) is 0 Å². The maximum Gasteiger partial charge on any atom is 0.182 e. The summed E-state index contributed by atoms with van der Waals surface area (Å²) in [6, 6.07) is 9.51. The first kappa shape index (κ1) is 12.0. The van der Waals surface area contributed by atoms with Crippen LogP contribution in [0.25, 0.3) is 17.0 Å². The van der Waals surface area contributed by atoms with Crippen LogP contribution in [0.15, 0.2) is 36.5 Å². The number of pyridine rings is 1. The zero-order valence-corrected chi connectivity index (χ0v) is 10.8. The Morgan fingerprint density at radius 2 is 1.95 bits per heavy atom. The summed E-state index contributed by atoms with van der Waals surface area (Å²) < 4.78 is 1.62. The molecule has 19 heavy (non-hydrogen) atoms. The Morgan fingerprint density at radius 3 is 2.63 bits per heavy atom. The monoisotopic (exact) mass is 273 g/mol. The Kier molecular flexibility index (Phi) is 2.85. The van der Waals surface area contributed by atoms with Gasteiger partial charge in [0.1, 0.15) is 0 Å². The Balaban J connectivity index is 2.09. The summed E-state index contributed by atoms with van der Waals surface area (Å²) in [6.07, 6.45) is 1.66. The van der Waals surface area contributed by atoms with Gasteiger partial charge in [-0.1, -0.05) is 35.9 Å². The summed E-state index contributed by atoms with van der Waals surface area (Å²) in [5, 5.41) is 4.85. The Hall–Kier alpha value is -2.11. The first-order valence-electron chi connectivity index (χ1n) is 5.78. The van der Waals surface area contributed by atoms with Crippen molar-refractivity contribution in [3.05, 3.63) is 47.1 Å². The Labute approximate surface area is 114 Å². The number of nitrogens with zero attached hydrogens (tertiary/aromatic N) is 3. The minimum atomic E-state index is 0.476. The second-order valence-electron chi connectivity index (χ2n) is 4.22. The number of hydrogen-bond donors (Lipinski definition) is 2. The van der Waals surface area contributed by atoms with Gasteiger partial charge in [-0.15, -0.1) is 5.10 Å². The molecule has 4 N–H and O–H groups in total. The number of nitrogens with two attached hydrogens (primary N) is 2. The molecule has 0 radical (unpaired) electrons. The van der Waals surface area contributed by atoms with E-state index in [0.29, 0.717) is 28.7 Å². The molecule has 0 fully saturated rings. The molecule has 0 aliphatic heterocycles. The van der Waals surface area contributed by atoms with Gasteiger partial charge in [0, 0.05) is 18.2 Å². The smallest absolute Gasteiger partial charge is 0.182 e. The van der Waals surface area contributed by atoms with Crippen molar-refractivity contribution in [1.82, 2.24) is 14.6 Å². The van der Waals surface area contributed by atoms with E-state index in [9.17, 15) is 0 Å². The number of rotatable bonds is 2. The summed E-state index contributed by atoms with van der Waals surface area (Å²) in [7, 11) is 0. The fourth-order valence-electron chi connectivity index (χ4n) is 1.83. The van der Waals surface area contributed by atoms with E-state index in [0.717, 1.165) is 11.1 Å². The van der Waals surface area contributed by atoms with Crippen LogP contribution in [0.5, 0.6) is 0 Å². The molecule has 0 spiro atoms. The molecule has 3 aromatic rings. The lowest BCUT2D eigenvalue weighted by molar-refractivity contribution is 0.968. The van der Waals surface area contributed by atoms with Crippen LogP contribution >= 0.6 is 11.6 Å². The molecule has 0 saturated heterocycles. The summed E-state index contributed by atoms with van der Waals surface area (Å²) in [4.78, 5) is 4.42. The maximum atomic E-state index is 5.96. The van der Waals surface area contributed by atoms with E-state index in [1.165, 1.54) is 0 Å². The lowest BCUT2D eigenvalue weighted by atomic mass is 10.1. The fraction of sp³-hybridized carbons (Fsp3) is 0.0769. The molecule has 0 saturated carbocycles. The van der Waals surface area contributed by atoms with Crippen LogP contribution in [0.2, 0.25) is 5.02 Å². The highest BCUT2D eigenvalue weighted by Gasteiger charge is 2.08. The fourth-order valence-corrected chi connectivity index (χ4v) is 1.98. The van der Waals surface area contributed by atoms with Gasteiger partial charge in [0.2, 0.25) is 0 Å². The van der Waals surface area contributed by atoms with Gasteiger partial charge in [-0.25, -0.2) is 9.50 Å². The zero-order valence-electron chi connectivity index (χ0n) is 10.0. The van der Waals surface area contributed by atoms with Crippen molar-refractivity contribution in [2.75, 3.05) is 5.73 Å². The van der Waals surface area contributed by atoms with Gasteiger partial charge in [0.05, 0.1) is 16.9 Å². The van der Waals surface area contributed by atoms with Crippen molar-refractivity contribution in [2.45, 2.75) is 6.54 Å². The number of benzene rings is 1. The number of anilines is 1. The third-order valence-corrected chi connectivity index (χ3v) is 3.23. The van der Waals surface area contributed by atoms with Gasteiger partial charge in [-0.2, -0.15) is 0 Å². The largest absolute Gasteiger partial charge is 0.396 e. The van der Waals surface area contributed by atoms with Crippen molar-refractivity contribution in [3.63, 3.8) is 0 Å². The minimum absolute atomic E-state index is 0.476. The molecule has 5 nitrogen and oxygen atoms in total. The molecule has 0 atom stereocenters. The Morgan fingerprint density at radius 1 is 1.21 bits per heavy atom. The normalized spacial score (nSPS) is 11.1. The van der Waals surface area contributed by atoms with E-state index in [2.05, 4.69) is 10.1 Å². The highest BCUT2D eigenvalue weighted by molar-refractivity contribution is 6.33. The van der Waals surface area contributed by atoms with Gasteiger partial charge in [0.25, 0.3) is 0 Å². The molecule has 2 aromatic heterocycles. The first-order chi connectivity index (χ1) is 9.17. The molecular formula is C13H12ClN5. The molecule has 96 valence electrons. The van der Waals surface area contributed by atoms with Gasteiger partial charge in [-0.3, -0.25) is 0 Å². The van der Waals surface area contributed by atoms with Crippen molar-refractivity contribution < 1.29 is 0 Å². The molecule has 1 aromatic carbocycles. The predicted molar refractivity (Wildman–Crippen MR) is 75.7 cm³/mol. The van der Waals surface area contributed by atoms with Crippen molar-refractivity contribution in [3.8, 4) is 11.4 Å². The number of hydrogen-bond acceptors (Lipinski definition) is 4. The van der Waals surface area contributed by atoms with E-state index < -0.39 is 0 Å². The van der Waals surface area contributed by atoms with Crippen LogP contribution in [0.4, 0.5) is 5.69 Å². The third-order valence-electron chi connectivity index (χ3n) is 2.90. The average molecular weight is 274 g/mol. The van der Waals surface area contributed by atoms with E-state index in [-0.39, 0.29) is 0 Å². The molecule has 6 heteroatoms. The van der Waals surface area contributed by atoms with Crippen LogP contribution in [0.1, 0.15) is 5.56 Å². The van der Waals surface area contributed by atoms with Crippen molar-refractivity contribution >= 4 is 22.9 Å². The Bertz CT molecular complexity index is 694. The van der Waals surface area contributed by atoms with Crippen LogP contribution in [-0.4, -0.2) is 14.6 Å². The molecule has 0 aliphatic carbocycles. The summed E-state index contributed by atoms with van der Waals surface area (Å²) >= 11 is 5.96. The van der Waals surface area contributed by atoms with Crippen LogP contribution in [0, 0.1) is 0 Å². The first-order valence-corrected chi connectivity index (χ1v) is 6.16.